The van der Waals surface area contributed by atoms with Crippen molar-refractivity contribution in [3.05, 3.63) is 35.7 Å². The number of benzene rings is 1. The van der Waals surface area contributed by atoms with Gasteiger partial charge in [0, 0.05) is 31.1 Å². The predicted octanol–water partition coefficient (Wildman–Crippen LogP) is 3.54. The monoisotopic (exact) mass is 383 g/mol. The van der Waals surface area contributed by atoms with Crippen LogP contribution in [0.3, 0.4) is 0 Å². The number of aliphatic carboxylic acids is 1. The highest BCUT2D eigenvalue weighted by atomic mass is 16.5. The first-order valence-corrected chi connectivity index (χ1v) is 9.93. The van der Waals surface area contributed by atoms with Crippen molar-refractivity contribution in [3.63, 3.8) is 0 Å². The third kappa shape index (κ3) is 3.30. The number of hydrogen-bond donors (Lipinski definition) is 1. The van der Waals surface area contributed by atoms with Gasteiger partial charge in [0.05, 0.1) is 5.41 Å². The van der Waals surface area contributed by atoms with Crippen molar-refractivity contribution in [2.24, 2.45) is 11.3 Å². The van der Waals surface area contributed by atoms with E-state index in [2.05, 4.69) is 10.1 Å². The van der Waals surface area contributed by atoms with Gasteiger partial charge in [0.1, 0.15) is 0 Å². The average molecular weight is 383 g/mol. The molecule has 1 aromatic carbocycles. The van der Waals surface area contributed by atoms with Gasteiger partial charge in [0.2, 0.25) is 11.7 Å². The minimum absolute atomic E-state index is 0.0544. The van der Waals surface area contributed by atoms with Gasteiger partial charge in [-0.25, -0.2) is 0 Å². The van der Waals surface area contributed by atoms with Gasteiger partial charge in [0.25, 0.3) is 5.91 Å². The SMILES string of the molecule is Cc1nc(-c2ccc(C(=O)N3CCC(C(=O)O)(C4CCCC4)CC3)cc2)no1. The number of aryl methyl sites for hydroxylation is 1. The lowest BCUT2D eigenvalue weighted by Gasteiger charge is -2.42. The van der Waals surface area contributed by atoms with Gasteiger partial charge in [-0.3, -0.25) is 9.59 Å². The number of carbonyl (C=O) groups excluding carboxylic acids is 1. The molecule has 2 heterocycles. The Bertz CT molecular complexity index is 860. The lowest BCUT2D eigenvalue weighted by Crippen LogP contribution is -2.49. The maximum atomic E-state index is 12.9. The molecule has 7 heteroatoms. The van der Waals surface area contributed by atoms with Crippen molar-refractivity contribution in [2.75, 3.05) is 13.1 Å². The molecule has 0 unspecified atom stereocenters. The highest BCUT2D eigenvalue weighted by Gasteiger charge is 2.48. The van der Waals surface area contributed by atoms with Crippen LogP contribution in [-0.2, 0) is 4.79 Å². The van der Waals surface area contributed by atoms with Crippen LogP contribution in [0.4, 0.5) is 0 Å². The Kier molecular flexibility index (Phi) is 4.91. The molecule has 1 saturated carbocycles. The molecule has 1 aliphatic carbocycles. The molecule has 4 rings (SSSR count). The maximum Gasteiger partial charge on any atom is 0.310 e. The van der Waals surface area contributed by atoms with Crippen LogP contribution in [0.25, 0.3) is 11.4 Å². The van der Waals surface area contributed by atoms with Gasteiger partial charge in [-0.1, -0.05) is 30.1 Å². The van der Waals surface area contributed by atoms with E-state index in [1.54, 1.807) is 24.0 Å². The number of piperidine rings is 1. The zero-order chi connectivity index (χ0) is 19.7. The number of likely N-dealkylation sites (tertiary alicyclic amines) is 1. The Hall–Kier alpha value is -2.70. The Balaban J connectivity index is 1.44. The molecule has 148 valence electrons. The third-order valence-electron chi connectivity index (χ3n) is 6.42. The first kappa shape index (κ1) is 18.7. The summed E-state index contributed by atoms with van der Waals surface area (Å²) in [5, 5.41) is 13.8. The Morgan fingerprint density at radius 1 is 1.14 bits per heavy atom. The summed E-state index contributed by atoms with van der Waals surface area (Å²) in [7, 11) is 0. The lowest BCUT2D eigenvalue weighted by atomic mass is 9.68. The molecule has 2 aromatic rings. The van der Waals surface area contributed by atoms with E-state index in [-0.39, 0.29) is 11.8 Å². The van der Waals surface area contributed by atoms with Crippen LogP contribution in [0.2, 0.25) is 0 Å². The molecule has 2 aliphatic rings. The molecule has 2 fully saturated rings. The van der Waals surface area contributed by atoms with Crippen LogP contribution in [0, 0.1) is 18.3 Å². The number of nitrogens with zero attached hydrogens (tertiary/aromatic N) is 3. The van der Waals surface area contributed by atoms with Crippen molar-refractivity contribution in [1.82, 2.24) is 15.0 Å². The van der Waals surface area contributed by atoms with E-state index in [0.717, 1.165) is 31.2 Å². The molecule has 7 nitrogen and oxygen atoms in total. The highest BCUT2D eigenvalue weighted by molar-refractivity contribution is 5.94. The summed E-state index contributed by atoms with van der Waals surface area (Å²) in [5.74, 6) is 0.498. The summed E-state index contributed by atoms with van der Waals surface area (Å²) in [6.07, 6.45) is 5.32. The average Bonchev–Trinajstić information content (AvgIpc) is 3.40. The Morgan fingerprint density at radius 3 is 2.32 bits per heavy atom. The minimum atomic E-state index is -0.689. The third-order valence-corrected chi connectivity index (χ3v) is 6.42. The summed E-state index contributed by atoms with van der Waals surface area (Å²) in [5.41, 5.74) is 0.721. The van der Waals surface area contributed by atoms with E-state index in [9.17, 15) is 14.7 Å². The highest BCUT2D eigenvalue weighted by Crippen LogP contribution is 2.47. The molecule has 1 amide bonds. The first-order valence-electron chi connectivity index (χ1n) is 9.93. The van der Waals surface area contributed by atoms with E-state index in [1.807, 2.05) is 12.1 Å². The van der Waals surface area contributed by atoms with Crippen LogP contribution >= 0.6 is 0 Å². The number of aromatic nitrogens is 2. The van der Waals surface area contributed by atoms with Crippen molar-refractivity contribution < 1.29 is 19.2 Å². The van der Waals surface area contributed by atoms with Crippen LogP contribution in [0.5, 0.6) is 0 Å². The number of rotatable bonds is 4. The molecular formula is C21H25N3O4. The number of carboxylic acids is 1. The molecule has 0 atom stereocenters. The van der Waals surface area contributed by atoms with Crippen molar-refractivity contribution in [2.45, 2.75) is 45.4 Å². The largest absolute Gasteiger partial charge is 0.481 e. The summed E-state index contributed by atoms with van der Waals surface area (Å²) >= 11 is 0. The minimum Gasteiger partial charge on any atom is -0.481 e. The van der Waals surface area contributed by atoms with Crippen LogP contribution in [0.15, 0.2) is 28.8 Å². The zero-order valence-electron chi connectivity index (χ0n) is 16.1. The quantitative estimate of drug-likeness (QED) is 0.867. The van der Waals surface area contributed by atoms with E-state index >= 15 is 0 Å². The molecule has 0 bridgehead atoms. The normalized spacial score (nSPS) is 19.7. The fourth-order valence-corrected chi connectivity index (χ4v) is 4.74. The molecule has 1 N–H and O–H groups in total. The zero-order valence-corrected chi connectivity index (χ0v) is 16.1. The van der Waals surface area contributed by atoms with Crippen molar-refractivity contribution in [3.8, 4) is 11.4 Å². The number of carbonyl (C=O) groups is 2. The topological polar surface area (TPSA) is 96.5 Å². The molecule has 0 radical (unpaired) electrons. The molecule has 28 heavy (non-hydrogen) atoms. The van der Waals surface area contributed by atoms with E-state index < -0.39 is 11.4 Å². The smallest absolute Gasteiger partial charge is 0.310 e. The van der Waals surface area contributed by atoms with E-state index in [1.165, 1.54) is 0 Å². The van der Waals surface area contributed by atoms with Gasteiger partial charge >= 0.3 is 5.97 Å². The first-order chi connectivity index (χ1) is 13.5. The summed E-state index contributed by atoms with van der Waals surface area (Å²) in [6, 6.07) is 7.14. The van der Waals surface area contributed by atoms with Crippen LogP contribution in [-0.4, -0.2) is 45.1 Å². The Morgan fingerprint density at radius 2 is 1.79 bits per heavy atom. The molecule has 1 aromatic heterocycles. The van der Waals surface area contributed by atoms with Gasteiger partial charge in [-0.2, -0.15) is 4.98 Å². The molecular weight excluding hydrogens is 358 g/mol. The molecule has 1 saturated heterocycles. The predicted molar refractivity (Wildman–Crippen MR) is 102 cm³/mol. The number of carboxylic acid groups (broad SMARTS) is 1. The maximum absolute atomic E-state index is 12.9. The van der Waals surface area contributed by atoms with Gasteiger partial charge in [-0.05, 0) is 43.7 Å². The van der Waals surface area contributed by atoms with Gasteiger partial charge < -0.3 is 14.5 Å². The second kappa shape index (κ2) is 7.37. The van der Waals surface area contributed by atoms with Crippen LogP contribution in [0.1, 0.15) is 54.8 Å². The standard InChI is InChI=1S/C21H25N3O4/c1-14-22-18(23-28-14)15-6-8-16(9-7-15)19(25)24-12-10-21(11-13-24,20(26)27)17-4-2-3-5-17/h6-9,17H,2-5,10-13H2,1H3,(H,26,27). The van der Waals surface area contributed by atoms with Gasteiger partial charge in [-0.15, -0.1) is 0 Å². The second-order valence-corrected chi connectivity index (χ2v) is 7.95. The number of hydrogen-bond acceptors (Lipinski definition) is 5. The lowest BCUT2D eigenvalue weighted by molar-refractivity contribution is -0.156. The van der Waals surface area contributed by atoms with E-state index in [4.69, 9.17) is 4.52 Å². The van der Waals surface area contributed by atoms with Gasteiger partial charge in [0.15, 0.2) is 0 Å². The van der Waals surface area contributed by atoms with Crippen LogP contribution < -0.4 is 0 Å². The molecule has 1 aliphatic heterocycles. The fraction of sp³-hybridized carbons (Fsp3) is 0.524. The van der Waals surface area contributed by atoms with E-state index in [0.29, 0.717) is 43.2 Å². The van der Waals surface area contributed by atoms with Crippen molar-refractivity contribution in [1.29, 1.82) is 0 Å². The summed E-state index contributed by atoms with van der Waals surface area (Å²) < 4.78 is 4.99. The molecule has 0 spiro atoms. The summed E-state index contributed by atoms with van der Waals surface area (Å²) in [6.45, 7) is 2.72. The number of amides is 1. The Labute approximate surface area is 163 Å². The fourth-order valence-electron chi connectivity index (χ4n) is 4.74. The summed E-state index contributed by atoms with van der Waals surface area (Å²) in [4.78, 5) is 30.9. The second-order valence-electron chi connectivity index (χ2n) is 7.95. The van der Waals surface area contributed by atoms with Crippen molar-refractivity contribution >= 4 is 11.9 Å².